The molecule has 0 aliphatic rings. The largest absolute Gasteiger partial charge is 0.352 e. The zero-order valence-corrected chi connectivity index (χ0v) is 20.3. The van der Waals surface area contributed by atoms with Gasteiger partial charge < -0.3 is 15.2 Å². The summed E-state index contributed by atoms with van der Waals surface area (Å²) in [7, 11) is 1.72. The van der Waals surface area contributed by atoms with Crippen molar-refractivity contribution in [3.8, 4) is 0 Å². The zero-order valence-electron chi connectivity index (χ0n) is 16.4. The molecule has 0 unspecified atom stereocenters. The van der Waals surface area contributed by atoms with Crippen LogP contribution in [0.4, 0.5) is 0 Å². The van der Waals surface area contributed by atoms with Crippen molar-refractivity contribution in [2.75, 3.05) is 7.05 Å². The van der Waals surface area contributed by atoms with Gasteiger partial charge in [0.2, 0.25) is 0 Å². The number of rotatable bonds is 6. The van der Waals surface area contributed by atoms with Gasteiger partial charge >= 0.3 is 0 Å². The Hall–Kier alpha value is -2.03. The maximum atomic E-state index is 11.8. The van der Waals surface area contributed by atoms with Crippen LogP contribution in [0.1, 0.15) is 16.7 Å². The highest BCUT2D eigenvalue weighted by Crippen LogP contribution is 2.20. The van der Waals surface area contributed by atoms with Crippen molar-refractivity contribution in [3.05, 3.63) is 104 Å². The van der Waals surface area contributed by atoms with Gasteiger partial charge in [-0.3, -0.25) is 9.79 Å². The first-order valence-electron chi connectivity index (χ1n) is 9.17. The number of benzene rings is 2. The Morgan fingerprint density at radius 2 is 1.67 bits per heavy atom. The van der Waals surface area contributed by atoms with Crippen LogP contribution in [-0.4, -0.2) is 17.6 Å². The maximum Gasteiger partial charge on any atom is 0.250 e. The molecular weight excluding hydrogens is 534 g/mol. The molecule has 158 valence electrons. The number of aromatic nitrogens is 1. The van der Waals surface area contributed by atoms with Gasteiger partial charge in [-0.25, -0.2) is 0 Å². The van der Waals surface area contributed by atoms with Crippen molar-refractivity contribution in [3.63, 3.8) is 0 Å². The van der Waals surface area contributed by atoms with Gasteiger partial charge in [0.05, 0.1) is 6.54 Å². The third-order valence-corrected chi connectivity index (χ3v) is 5.01. The van der Waals surface area contributed by atoms with E-state index < -0.39 is 0 Å². The second-order valence-corrected chi connectivity index (χ2v) is 7.34. The molecule has 0 aliphatic carbocycles. The fourth-order valence-corrected chi connectivity index (χ4v) is 3.28. The molecule has 0 atom stereocenters. The highest BCUT2D eigenvalue weighted by Gasteiger charge is 2.04. The monoisotopic (exact) mass is 556 g/mol. The highest BCUT2D eigenvalue weighted by atomic mass is 127. The summed E-state index contributed by atoms with van der Waals surface area (Å²) in [5, 5.41) is 7.75. The number of hydrogen-bond donors (Lipinski definition) is 2. The smallest absolute Gasteiger partial charge is 0.250 e. The summed E-state index contributed by atoms with van der Waals surface area (Å²) in [6.45, 7) is 1.72. The summed E-state index contributed by atoms with van der Waals surface area (Å²) in [5.41, 5.74) is 3.12. The van der Waals surface area contributed by atoms with Gasteiger partial charge in [0, 0.05) is 42.4 Å². The molecule has 1 heterocycles. The molecule has 0 fully saturated rings. The molecule has 0 saturated carbocycles. The molecule has 0 saturated heterocycles. The van der Waals surface area contributed by atoms with Crippen LogP contribution in [0.3, 0.4) is 0 Å². The molecule has 3 rings (SSSR count). The summed E-state index contributed by atoms with van der Waals surface area (Å²) < 4.78 is 1.68. The van der Waals surface area contributed by atoms with Gasteiger partial charge in [0.25, 0.3) is 5.56 Å². The third kappa shape index (κ3) is 7.04. The quantitative estimate of drug-likeness (QED) is 0.263. The lowest BCUT2D eigenvalue weighted by Gasteiger charge is -2.13. The van der Waals surface area contributed by atoms with Crippen molar-refractivity contribution in [2.45, 2.75) is 19.6 Å². The molecule has 3 aromatic rings. The molecule has 2 aromatic carbocycles. The fourth-order valence-electron chi connectivity index (χ4n) is 2.80. The number of nitrogens with one attached hydrogen (secondary N) is 2. The molecular formula is C22H23Cl2IN4O. The molecule has 5 nitrogen and oxygen atoms in total. The minimum atomic E-state index is -0.00564. The van der Waals surface area contributed by atoms with Gasteiger partial charge in [0.1, 0.15) is 0 Å². The Kier molecular flexibility index (Phi) is 9.68. The summed E-state index contributed by atoms with van der Waals surface area (Å²) in [5.74, 6) is 0.677. The van der Waals surface area contributed by atoms with Crippen molar-refractivity contribution in [1.29, 1.82) is 0 Å². The molecule has 8 heteroatoms. The standard InChI is InChI=1S/C22H22Cl2N4O.HI/c1-25-22(27-14-18-9-10-19(23)12-20(18)24)26-13-16-5-7-17(8-6-16)15-28-11-3-2-4-21(28)29;/h2-12H,13-15H2,1H3,(H2,25,26,27);1H. The van der Waals surface area contributed by atoms with E-state index >= 15 is 0 Å². The maximum absolute atomic E-state index is 11.8. The number of halogens is 3. The SMILES string of the molecule is CN=C(NCc1ccc(Cn2ccccc2=O)cc1)NCc1ccc(Cl)cc1Cl.I. The Morgan fingerprint density at radius 3 is 2.33 bits per heavy atom. The van der Waals surface area contributed by atoms with Crippen LogP contribution in [0, 0.1) is 0 Å². The molecule has 0 amide bonds. The molecule has 0 radical (unpaired) electrons. The average molecular weight is 557 g/mol. The molecule has 0 bridgehead atoms. The summed E-state index contributed by atoms with van der Waals surface area (Å²) >= 11 is 12.1. The van der Waals surface area contributed by atoms with Crippen LogP contribution in [-0.2, 0) is 19.6 Å². The minimum absolute atomic E-state index is 0. The number of aliphatic imine (C=N–C) groups is 1. The lowest BCUT2D eigenvalue weighted by Crippen LogP contribution is -2.36. The number of guanidine groups is 1. The first-order chi connectivity index (χ1) is 14.0. The molecule has 1 aromatic heterocycles. The predicted molar refractivity (Wildman–Crippen MR) is 135 cm³/mol. The summed E-state index contributed by atoms with van der Waals surface area (Å²) in [6.07, 6.45) is 1.79. The first kappa shape index (κ1) is 24.2. The summed E-state index contributed by atoms with van der Waals surface area (Å²) in [4.78, 5) is 16.1. The molecule has 0 aliphatic heterocycles. The number of nitrogens with zero attached hydrogens (tertiary/aromatic N) is 2. The van der Waals surface area contributed by atoms with Gasteiger partial charge in [-0.15, -0.1) is 24.0 Å². The predicted octanol–water partition coefficient (Wildman–Crippen LogP) is 4.69. The van der Waals surface area contributed by atoms with Crippen LogP contribution in [0.5, 0.6) is 0 Å². The summed E-state index contributed by atoms with van der Waals surface area (Å²) in [6, 6.07) is 18.7. The van der Waals surface area contributed by atoms with E-state index in [1.807, 2.05) is 42.5 Å². The lowest BCUT2D eigenvalue weighted by molar-refractivity contribution is 0.758. The fraction of sp³-hybridized carbons (Fsp3) is 0.182. The zero-order chi connectivity index (χ0) is 20.6. The minimum Gasteiger partial charge on any atom is -0.352 e. The third-order valence-electron chi connectivity index (χ3n) is 4.42. The van der Waals surface area contributed by atoms with E-state index in [4.69, 9.17) is 23.2 Å². The second-order valence-electron chi connectivity index (χ2n) is 6.50. The molecule has 30 heavy (non-hydrogen) atoms. The van der Waals surface area contributed by atoms with E-state index in [9.17, 15) is 4.79 Å². The highest BCUT2D eigenvalue weighted by molar-refractivity contribution is 14.0. The lowest BCUT2D eigenvalue weighted by atomic mass is 10.1. The van der Waals surface area contributed by atoms with Crippen LogP contribution in [0.15, 0.2) is 76.6 Å². The topological polar surface area (TPSA) is 58.4 Å². The number of hydrogen-bond acceptors (Lipinski definition) is 2. The van der Waals surface area contributed by atoms with Crippen LogP contribution >= 0.6 is 47.2 Å². The van der Waals surface area contributed by atoms with Crippen molar-refractivity contribution in [1.82, 2.24) is 15.2 Å². The van der Waals surface area contributed by atoms with Crippen molar-refractivity contribution < 1.29 is 0 Å². The van der Waals surface area contributed by atoms with Crippen LogP contribution < -0.4 is 16.2 Å². The van der Waals surface area contributed by atoms with Crippen molar-refractivity contribution >= 4 is 53.1 Å². The van der Waals surface area contributed by atoms with Gasteiger partial charge in [-0.1, -0.05) is 59.6 Å². The van der Waals surface area contributed by atoms with E-state index in [2.05, 4.69) is 15.6 Å². The van der Waals surface area contributed by atoms with E-state index in [0.717, 1.165) is 16.7 Å². The molecule has 0 spiro atoms. The number of pyridine rings is 1. The van der Waals surface area contributed by atoms with Crippen LogP contribution in [0.25, 0.3) is 0 Å². The van der Waals surface area contributed by atoms with Crippen LogP contribution in [0.2, 0.25) is 10.0 Å². The Bertz CT molecular complexity index is 1050. The normalized spacial score (nSPS) is 11.0. The van der Waals surface area contributed by atoms with E-state index in [1.54, 1.807) is 36.0 Å². The molecule has 2 N–H and O–H groups in total. The van der Waals surface area contributed by atoms with E-state index in [1.165, 1.54) is 0 Å². The Balaban J connectivity index is 0.00000320. The Morgan fingerprint density at radius 1 is 0.967 bits per heavy atom. The van der Waals surface area contributed by atoms with E-state index in [-0.39, 0.29) is 29.5 Å². The first-order valence-corrected chi connectivity index (χ1v) is 9.92. The average Bonchev–Trinajstić information content (AvgIpc) is 2.72. The second kappa shape index (κ2) is 12.0. The van der Waals surface area contributed by atoms with E-state index in [0.29, 0.717) is 35.6 Å². The van der Waals surface area contributed by atoms with Gasteiger partial charge in [-0.2, -0.15) is 0 Å². The van der Waals surface area contributed by atoms with Gasteiger partial charge in [-0.05, 0) is 34.9 Å². The van der Waals surface area contributed by atoms with Crippen molar-refractivity contribution in [2.24, 2.45) is 4.99 Å². The Labute approximate surface area is 203 Å². The van der Waals surface area contributed by atoms with Gasteiger partial charge in [0.15, 0.2) is 5.96 Å².